The molecule has 4 rings (SSSR count). The fourth-order valence-corrected chi connectivity index (χ4v) is 5.03. The number of carbonyl (C=O) groups excluding carboxylic acids is 1. The molecule has 0 aliphatic heterocycles. The van der Waals surface area contributed by atoms with Crippen molar-refractivity contribution in [3.05, 3.63) is 113 Å². The van der Waals surface area contributed by atoms with Crippen LogP contribution in [0.25, 0.3) is 0 Å². The van der Waals surface area contributed by atoms with Gasteiger partial charge in [-0.1, -0.05) is 79.7 Å². The summed E-state index contributed by atoms with van der Waals surface area (Å²) in [5.74, 6) is 0.459. The molecule has 0 aliphatic rings. The zero-order valence-electron chi connectivity index (χ0n) is 21.3. The Bertz CT molecular complexity index is 1250. The van der Waals surface area contributed by atoms with Crippen molar-refractivity contribution in [3.8, 4) is 0 Å². The van der Waals surface area contributed by atoms with Crippen molar-refractivity contribution in [2.75, 3.05) is 11.4 Å². The fraction of sp³-hybridized carbons (Fsp3) is 0.300. The van der Waals surface area contributed by atoms with Gasteiger partial charge < -0.3 is 10.2 Å². The largest absolute Gasteiger partial charge is 0.349 e. The minimum atomic E-state index is -0.254. The van der Waals surface area contributed by atoms with Gasteiger partial charge in [0.25, 0.3) is 0 Å². The van der Waals surface area contributed by atoms with Gasteiger partial charge in [-0.05, 0) is 48.6 Å². The number of amides is 1. The summed E-state index contributed by atoms with van der Waals surface area (Å²) in [7, 11) is 0. The Balaban J connectivity index is 1.41. The van der Waals surface area contributed by atoms with E-state index in [1.54, 1.807) is 12.1 Å². The molecule has 1 N–H and O–H groups in total. The zero-order valence-corrected chi connectivity index (χ0v) is 22.1. The van der Waals surface area contributed by atoms with E-state index >= 15 is 0 Å². The summed E-state index contributed by atoms with van der Waals surface area (Å²) >= 11 is 1.35. The molecule has 2 unspecified atom stereocenters. The van der Waals surface area contributed by atoms with Crippen LogP contribution in [0.5, 0.6) is 0 Å². The molecule has 0 bridgehead atoms. The first-order valence-electron chi connectivity index (χ1n) is 12.7. The van der Waals surface area contributed by atoms with Crippen molar-refractivity contribution in [2.45, 2.75) is 51.6 Å². The maximum absolute atomic E-state index is 13.2. The van der Waals surface area contributed by atoms with E-state index in [1.807, 2.05) is 36.4 Å². The molecule has 4 aromatic rings. The topological polar surface area (TPSA) is 58.1 Å². The van der Waals surface area contributed by atoms with Crippen molar-refractivity contribution < 1.29 is 9.18 Å². The van der Waals surface area contributed by atoms with Gasteiger partial charge in [0.2, 0.25) is 11.0 Å². The number of benzene rings is 3. The van der Waals surface area contributed by atoms with Gasteiger partial charge in [0, 0.05) is 37.0 Å². The number of anilines is 1. The molecule has 3 aromatic carbocycles. The fourth-order valence-electron chi connectivity index (χ4n) is 4.22. The lowest BCUT2D eigenvalue weighted by Gasteiger charge is -2.28. The van der Waals surface area contributed by atoms with Crippen LogP contribution >= 0.6 is 11.5 Å². The van der Waals surface area contributed by atoms with Gasteiger partial charge >= 0.3 is 0 Å². The molecule has 0 aliphatic carbocycles. The van der Waals surface area contributed by atoms with E-state index in [0.29, 0.717) is 25.2 Å². The van der Waals surface area contributed by atoms with Gasteiger partial charge in [-0.15, -0.1) is 0 Å². The summed E-state index contributed by atoms with van der Waals surface area (Å²) in [5, 5.41) is 4.07. The van der Waals surface area contributed by atoms with Crippen LogP contribution in [0.2, 0.25) is 0 Å². The molecule has 0 fully saturated rings. The van der Waals surface area contributed by atoms with E-state index in [0.717, 1.165) is 29.1 Å². The van der Waals surface area contributed by atoms with Gasteiger partial charge in [-0.3, -0.25) is 4.79 Å². The van der Waals surface area contributed by atoms with Gasteiger partial charge in [0.15, 0.2) is 0 Å². The van der Waals surface area contributed by atoms with Crippen LogP contribution in [0.1, 0.15) is 55.2 Å². The number of hydrogen-bond donors (Lipinski definition) is 1. The third kappa shape index (κ3) is 7.70. The van der Waals surface area contributed by atoms with E-state index in [9.17, 15) is 9.18 Å². The van der Waals surface area contributed by atoms with Crippen LogP contribution in [0, 0.1) is 5.82 Å². The average Bonchev–Trinajstić information content (AvgIpc) is 3.38. The minimum Gasteiger partial charge on any atom is -0.349 e. The van der Waals surface area contributed by atoms with Gasteiger partial charge in [0.1, 0.15) is 11.6 Å². The van der Waals surface area contributed by atoms with Crippen LogP contribution in [-0.2, 0) is 17.6 Å². The summed E-state index contributed by atoms with van der Waals surface area (Å²) in [4.78, 5) is 20.1. The molecule has 0 radical (unpaired) electrons. The summed E-state index contributed by atoms with van der Waals surface area (Å²) in [6.07, 6.45) is 2.56. The highest BCUT2D eigenvalue weighted by molar-refractivity contribution is 7.09. The van der Waals surface area contributed by atoms with Crippen LogP contribution < -0.4 is 10.2 Å². The SMILES string of the molecule is CCC(C)N(CCC(=O)NC(Cc1ccccc1)c1ccccc1)c1nc(Cc2ccc(F)cc2)ns1. The second kappa shape index (κ2) is 13.1. The molecular weight excluding hydrogens is 483 g/mol. The highest BCUT2D eigenvalue weighted by Gasteiger charge is 2.21. The van der Waals surface area contributed by atoms with Crippen LogP contribution in [0.4, 0.5) is 9.52 Å². The lowest BCUT2D eigenvalue weighted by atomic mass is 9.98. The Hall–Kier alpha value is -3.58. The second-order valence-corrected chi connectivity index (χ2v) is 9.95. The maximum Gasteiger partial charge on any atom is 0.222 e. The lowest BCUT2D eigenvalue weighted by Crippen LogP contribution is -2.37. The smallest absolute Gasteiger partial charge is 0.222 e. The normalized spacial score (nSPS) is 12.6. The third-order valence-electron chi connectivity index (χ3n) is 6.50. The molecule has 7 heteroatoms. The van der Waals surface area contributed by atoms with E-state index in [1.165, 1.54) is 29.2 Å². The number of rotatable bonds is 12. The number of nitrogens with one attached hydrogen (secondary N) is 1. The average molecular weight is 517 g/mol. The Labute approximate surface area is 222 Å². The summed E-state index contributed by atoms with van der Waals surface area (Å²) in [6, 6.07) is 26.9. The van der Waals surface area contributed by atoms with E-state index in [4.69, 9.17) is 4.98 Å². The van der Waals surface area contributed by atoms with E-state index in [2.05, 4.69) is 52.7 Å². The van der Waals surface area contributed by atoms with Crippen molar-refractivity contribution in [2.24, 2.45) is 0 Å². The summed E-state index contributed by atoms with van der Waals surface area (Å²) in [5.41, 5.74) is 3.24. The first-order chi connectivity index (χ1) is 18.0. The Morgan fingerprint density at radius 3 is 2.32 bits per heavy atom. The number of hydrogen-bond acceptors (Lipinski definition) is 5. The van der Waals surface area contributed by atoms with Crippen molar-refractivity contribution in [3.63, 3.8) is 0 Å². The number of nitrogens with zero attached hydrogens (tertiary/aromatic N) is 3. The molecule has 0 spiro atoms. The van der Waals surface area contributed by atoms with Gasteiger partial charge in [-0.25, -0.2) is 9.37 Å². The maximum atomic E-state index is 13.2. The summed E-state index contributed by atoms with van der Waals surface area (Å²) < 4.78 is 17.8. The van der Waals surface area contributed by atoms with Crippen LogP contribution in [0.3, 0.4) is 0 Å². The molecule has 192 valence electrons. The lowest BCUT2D eigenvalue weighted by molar-refractivity contribution is -0.121. The zero-order chi connectivity index (χ0) is 26.0. The quantitative estimate of drug-likeness (QED) is 0.238. The van der Waals surface area contributed by atoms with Crippen LogP contribution in [-0.4, -0.2) is 27.9 Å². The molecule has 1 aromatic heterocycles. The predicted octanol–water partition coefficient (Wildman–Crippen LogP) is 6.36. The van der Waals surface area contributed by atoms with Crippen molar-refractivity contribution in [1.82, 2.24) is 14.7 Å². The number of halogens is 1. The first kappa shape index (κ1) is 26.5. The van der Waals surface area contributed by atoms with Crippen molar-refractivity contribution >= 4 is 22.6 Å². The highest BCUT2D eigenvalue weighted by Crippen LogP contribution is 2.23. The molecular formula is C30H33FN4OS. The first-order valence-corrected chi connectivity index (χ1v) is 13.5. The second-order valence-electron chi connectivity index (χ2n) is 9.22. The van der Waals surface area contributed by atoms with E-state index < -0.39 is 0 Å². The van der Waals surface area contributed by atoms with Gasteiger partial charge in [-0.2, -0.15) is 4.37 Å². The number of aromatic nitrogens is 2. The molecule has 5 nitrogen and oxygen atoms in total. The minimum absolute atomic E-state index is 0.00846. The standard InChI is InChI=1S/C30H33FN4OS/c1-3-22(2)35(30-33-28(34-37-30)21-24-14-16-26(31)17-15-24)19-18-29(36)32-27(25-12-8-5-9-13-25)20-23-10-6-4-7-11-23/h4-17,22,27H,3,18-21H2,1-2H3,(H,32,36). The summed E-state index contributed by atoms with van der Waals surface area (Å²) in [6.45, 7) is 4.82. The molecule has 37 heavy (non-hydrogen) atoms. The Kier molecular flexibility index (Phi) is 9.38. The molecule has 0 saturated heterocycles. The molecule has 2 atom stereocenters. The third-order valence-corrected chi connectivity index (χ3v) is 7.29. The van der Waals surface area contributed by atoms with E-state index in [-0.39, 0.29) is 23.8 Å². The number of carbonyl (C=O) groups is 1. The van der Waals surface area contributed by atoms with Gasteiger partial charge in [0.05, 0.1) is 6.04 Å². The van der Waals surface area contributed by atoms with Crippen LogP contribution in [0.15, 0.2) is 84.9 Å². The molecule has 1 amide bonds. The molecule has 1 heterocycles. The highest BCUT2D eigenvalue weighted by atomic mass is 32.1. The Morgan fingerprint density at radius 2 is 1.65 bits per heavy atom. The Morgan fingerprint density at radius 1 is 0.973 bits per heavy atom. The monoisotopic (exact) mass is 516 g/mol. The van der Waals surface area contributed by atoms with Crippen molar-refractivity contribution in [1.29, 1.82) is 0 Å². The molecule has 0 saturated carbocycles. The predicted molar refractivity (Wildman–Crippen MR) is 148 cm³/mol.